The van der Waals surface area contributed by atoms with Crippen molar-refractivity contribution in [2.45, 2.75) is 49.4 Å². The lowest BCUT2D eigenvalue weighted by Crippen LogP contribution is -2.56. The summed E-state index contributed by atoms with van der Waals surface area (Å²) in [5.74, 6) is 1.94. The van der Waals surface area contributed by atoms with Gasteiger partial charge >= 0.3 is 0 Å². The smallest absolute Gasteiger partial charge is 0.289 e. The van der Waals surface area contributed by atoms with Gasteiger partial charge in [0.2, 0.25) is 5.91 Å². The van der Waals surface area contributed by atoms with E-state index in [1.807, 2.05) is 60.4 Å². The van der Waals surface area contributed by atoms with Gasteiger partial charge in [0, 0.05) is 37.2 Å². The fourth-order valence-corrected chi connectivity index (χ4v) is 5.62. The minimum atomic E-state index is -0.118. The Morgan fingerprint density at radius 3 is 2.51 bits per heavy atom. The van der Waals surface area contributed by atoms with Crippen LogP contribution in [0.1, 0.15) is 48.9 Å². The van der Waals surface area contributed by atoms with Crippen molar-refractivity contribution in [3.05, 3.63) is 66.1 Å². The summed E-state index contributed by atoms with van der Waals surface area (Å²) in [6, 6.07) is 17.4. The first kappa shape index (κ1) is 23.6. The average Bonchev–Trinajstić information content (AvgIpc) is 3.60. The fraction of sp³-hybridized carbons (Fsp3) is 0.407. The lowest BCUT2D eigenvalue weighted by molar-refractivity contribution is -0.139. The molecule has 2 aromatic heterocycles. The Morgan fingerprint density at radius 2 is 1.80 bits per heavy atom. The Morgan fingerprint density at radius 1 is 1.00 bits per heavy atom. The Balaban J connectivity index is 1.14. The molecule has 0 spiro atoms. The van der Waals surface area contributed by atoms with Crippen LogP contribution in [-0.4, -0.2) is 57.5 Å². The zero-order valence-electron chi connectivity index (χ0n) is 19.9. The summed E-state index contributed by atoms with van der Waals surface area (Å²) in [5.41, 5.74) is 1.86. The van der Waals surface area contributed by atoms with Crippen LogP contribution in [0.3, 0.4) is 0 Å². The van der Waals surface area contributed by atoms with Crippen molar-refractivity contribution < 1.29 is 14.0 Å². The lowest BCUT2D eigenvalue weighted by Gasteiger charge is -2.40. The van der Waals surface area contributed by atoms with Crippen molar-refractivity contribution in [1.29, 1.82) is 0 Å². The molecular weight excluding hydrogens is 460 g/mol. The molecule has 1 saturated carbocycles. The van der Waals surface area contributed by atoms with Gasteiger partial charge in [-0.15, -0.1) is 10.2 Å². The van der Waals surface area contributed by atoms with Gasteiger partial charge in [-0.3, -0.25) is 9.59 Å². The van der Waals surface area contributed by atoms with Crippen molar-refractivity contribution >= 4 is 23.6 Å². The highest BCUT2D eigenvalue weighted by molar-refractivity contribution is 7.98. The molecule has 1 aliphatic carbocycles. The monoisotopic (exact) mass is 490 g/mol. The molecule has 7 nitrogen and oxygen atoms in total. The Bertz CT molecular complexity index is 1160. The number of thioether (sulfide) groups is 1. The van der Waals surface area contributed by atoms with Gasteiger partial charge in [-0.2, -0.15) is 0 Å². The van der Waals surface area contributed by atoms with E-state index >= 15 is 0 Å². The van der Waals surface area contributed by atoms with Crippen molar-refractivity contribution in [1.82, 2.24) is 20.0 Å². The maximum Gasteiger partial charge on any atom is 0.289 e. The predicted molar refractivity (Wildman–Crippen MR) is 135 cm³/mol. The number of furan rings is 1. The molecule has 1 unspecified atom stereocenters. The number of nitrogens with zero attached hydrogens (tertiary/aromatic N) is 4. The van der Waals surface area contributed by atoms with E-state index in [9.17, 15) is 9.59 Å². The Labute approximate surface area is 209 Å². The first-order chi connectivity index (χ1) is 17.1. The van der Waals surface area contributed by atoms with E-state index in [4.69, 9.17) is 4.42 Å². The molecule has 35 heavy (non-hydrogen) atoms. The summed E-state index contributed by atoms with van der Waals surface area (Å²) in [7, 11) is 0. The van der Waals surface area contributed by atoms with E-state index in [0.29, 0.717) is 31.1 Å². The fourth-order valence-electron chi connectivity index (χ4n) is 4.91. The summed E-state index contributed by atoms with van der Waals surface area (Å²) in [5, 5.41) is 9.42. The lowest BCUT2D eigenvalue weighted by atomic mass is 10.0. The molecule has 1 aromatic carbocycles. The van der Waals surface area contributed by atoms with Gasteiger partial charge < -0.3 is 14.2 Å². The number of hydrogen-bond acceptors (Lipinski definition) is 6. The molecule has 5 rings (SSSR count). The van der Waals surface area contributed by atoms with Gasteiger partial charge in [-0.25, -0.2) is 0 Å². The highest BCUT2D eigenvalue weighted by atomic mass is 32.2. The number of amides is 2. The number of hydrogen-bond donors (Lipinski definition) is 0. The van der Waals surface area contributed by atoms with E-state index in [2.05, 4.69) is 10.2 Å². The van der Waals surface area contributed by atoms with E-state index in [0.717, 1.165) is 47.7 Å². The number of carbonyl (C=O) groups is 2. The third kappa shape index (κ3) is 5.42. The third-order valence-corrected chi connectivity index (χ3v) is 7.79. The number of aromatic nitrogens is 2. The van der Waals surface area contributed by atoms with Gasteiger partial charge in [0.1, 0.15) is 10.8 Å². The van der Waals surface area contributed by atoms with Gasteiger partial charge in [-0.05, 0) is 44.0 Å². The maximum absolute atomic E-state index is 13.0. The normalized spacial score (nSPS) is 18.7. The van der Waals surface area contributed by atoms with E-state index < -0.39 is 0 Å². The van der Waals surface area contributed by atoms with Crippen LogP contribution in [0.2, 0.25) is 0 Å². The SMILES string of the molecule is CC1CN(C(=O)c2ccc(CSc3ccc(-c4ccccc4)nn3)o2)CCN1C(=O)C1CCCC1. The number of carbonyl (C=O) groups excluding carboxylic acids is 2. The number of piperazine rings is 1. The highest BCUT2D eigenvalue weighted by Crippen LogP contribution is 2.29. The quantitative estimate of drug-likeness (QED) is 0.458. The summed E-state index contributed by atoms with van der Waals surface area (Å²) in [6.45, 7) is 3.69. The molecule has 1 saturated heterocycles. The number of rotatable bonds is 6. The molecular formula is C27H30N4O3S. The molecule has 0 N–H and O–H groups in total. The summed E-state index contributed by atoms with van der Waals surface area (Å²) in [6.07, 6.45) is 4.29. The molecule has 3 heterocycles. The standard InChI is InChI=1S/C27H30N4O3S/c1-19-17-30(15-16-31(19)26(32)21-9-5-6-10-21)27(33)24-13-11-22(34-24)18-35-25-14-12-23(28-29-25)20-7-3-2-4-8-20/h2-4,7-8,11-14,19,21H,5-6,9-10,15-18H2,1H3. The van der Waals surface area contributed by atoms with Crippen LogP contribution in [0.4, 0.5) is 0 Å². The largest absolute Gasteiger partial charge is 0.455 e. The zero-order valence-corrected chi connectivity index (χ0v) is 20.7. The summed E-state index contributed by atoms with van der Waals surface area (Å²) < 4.78 is 5.86. The van der Waals surface area contributed by atoms with E-state index in [1.54, 1.807) is 11.0 Å². The minimum Gasteiger partial charge on any atom is -0.455 e. The Hall–Kier alpha value is -3.13. The average molecular weight is 491 g/mol. The molecule has 0 radical (unpaired) electrons. The van der Waals surface area contributed by atoms with Crippen molar-refractivity contribution in [3.63, 3.8) is 0 Å². The van der Waals surface area contributed by atoms with Gasteiger partial charge in [0.25, 0.3) is 5.91 Å². The molecule has 3 aromatic rings. The topological polar surface area (TPSA) is 79.5 Å². The zero-order chi connectivity index (χ0) is 24.2. The Kier molecular flexibility index (Phi) is 7.18. The second-order valence-corrected chi connectivity index (χ2v) is 10.3. The van der Waals surface area contributed by atoms with Gasteiger partial charge in [-0.1, -0.05) is 54.9 Å². The molecule has 182 valence electrons. The molecule has 1 aliphatic heterocycles. The molecule has 8 heteroatoms. The first-order valence-corrected chi connectivity index (χ1v) is 13.3. The number of benzene rings is 1. The van der Waals surface area contributed by atoms with Crippen molar-refractivity contribution in [2.24, 2.45) is 5.92 Å². The molecule has 2 amide bonds. The van der Waals surface area contributed by atoms with Gasteiger partial charge in [0.05, 0.1) is 11.4 Å². The predicted octanol–water partition coefficient (Wildman–Crippen LogP) is 4.89. The van der Waals surface area contributed by atoms with Crippen LogP contribution in [-0.2, 0) is 10.5 Å². The second-order valence-electron chi connectivity index (χ2n) is 9.29. The molecule has 2 aliphatic rings. The molecule has 2 fully saturated rings. The van der Waals surface area contributed by atoms with Crippen LogP contribution >= 0.6 is 11.8 Å². The van der Waals surface area contributed by atoms with Crippen LogP contribution < -0.4 is 0 Å². The highest BCUT2D eigenvalue weighted by Gasteiger charge is 2.35. The van der Waals surface area contributed by atoms with Crippen LogP contribution in [0.5, 0.6) is 0 Å². The van der Waals surface area contributed by atoms with Crippen molar-refractivity contribution in [3.8, 4) is 11.3 Å². The summed E-state index contributed by atoms with van der Waals surface area (Å²) >= 11 is 1.52. The second kappa shape index (κ2) is 10.6. The molecule has 1 atom stereocenters. The first-order valence-electron chi connectivity index (χ1n) is 12.3. The maximum atomic E-state index is 13.0. The van der Waals surface area contributed by atoms with E-state index in [-0.39, 0.29) is 23.8 Å². The van der Waals surface area contributed by atoms with Crippen LogP contribution in [0, 0.1) is 5.92 Å². The van der Waals surface area contributed by atoms with Crippen LogP contribution in [0.15, 0.2) is 64.0 Å². The van der Waals surface area contributed by atoms with Gasteiger partial charge in [0.15, 0.2) is 5.76 Å². The van der Waals surface area contributed by atoms with Crippen LogP contribution in [0.25, 0.3) is 11.3 Å². The van der Waals surface area contributed by atoms with E-state index in [1.165, 1.54) is 11.8 Å². The van der Waals surface area contributed by atoms with Crippen molar-refractivity contribution in [2.75, 3.05) is 19.6 Å². The molecule has 0 bridgehead atoms. The minimum absolute atomic E-state index is 0.0169. The third-order valence-electron chi connectivity index (χ3n) is 6.85. The summed E-state index contributed by atoms with van der Waals surface area (Å²) in [4.78, 5) is 29.6.